The molecule has 1 aromatic carbocycles. The van der Waals surface area contributed by atoms with Crippen LogP contribution in [0, 0.1) is 5.92 Å². The number of hydrogen-bond acceptors (Lipinski definition) is 3. The second kappa shape index (κ2) is 6.70. The summed E-state index contributed by atoms with van der Waals surface area (Å²) < 4.78 is 5.18. The van der Waals surface area contributed by atoms with Gasteiger partial charge in [-0.05, 0) is 24.5 Å². The molecule has 0 saturated carbocycles. The molecule has 1 aromatic heterocycles. The molecule has 0 aliphatic carbocycles. The minimum Gasteiger partial charge on any atom is -0.356 e. The summed E-state index contributed by atoms with van der Waals surface area (Å²) in [5.41, 5.74) is 1.42. The summed E-state index contributed by atoms with van der Waals surface area (Å²) in [7, 11) is 0. The lowest BCUT2D eigenvalue weighted by molar-refractivity contribution is -0.120. The third kappa shape index (κ3) is 3.80. The molecule has 1 heterocycles. The second-order valence-corrected chi connectivity index (χ2v) is 5.48. The molecule has 0 spiro atoms. The zero-order chi connectivity index (χ0) is 13.7. The predicted octanol–water partition coefficient (Wildman–Crippen LogP) is 2.91. The minimum absolute atomic E-state index is 0.0134. The Labute approximate surface area is 120 Å². The van der Waals surface area contributed by atoms with Gasteiger partial charge in [0, 0.05) is 17.3 Å². The molecule has 0 saturated heterocycles. The van der Waals surface area contributed by atoms with Crippen LogP contribution in [0.4, 0.5) is 0 Å². The number of carbonyl (C=O) groups is 1. The molecule has 0 bridgehead atoms. The molecule has 2 aromatic rings. The molecule has 0 fully saturated rings. The number of aromatic nitrogens is 1. The van der Waals surface area contributed by atoms with Crippen LogP contribution in [0.2, 0.25) is 0 Å². The van der Waals surface area contributed by atoms with E-state index in [1.54, 1.807) is 0 Å². The monoisotopic (exact) mass is 324 g/mol. The number of benzene rings is 1. The molecule has 1 atom stereocenters. The van der Waals surface area contributed by atoms with Crippen LogP contribution in [0.3, 0.4) is 0 Å². The summed E-state index contributed by atoms with van der Waals surface area (Å²) in [6.45, 7) is 2.81. The van der Waals surface area contributed by atoms with Gasteiger partial charge in [-0.15, -0.1) is 0 Å². The average Bonchev–Trinajstić information content (AvgIpc) is 2.80. The number of halogens is 1. The van der Waals surface area contributed by atoms with Crippen LogP contribution in [-0.4, -0.2) is 22.9 Å². The quantitative estimate of drug-likeness (QED) is 0.831. The first-order valence-electron chi connectivity index (χ1n) is 6.36. The molecule has 0 aliphatic heterocycles. The molecule has 19 heavy (non-hydrogen) atoms. The van der Waals surface area contributed by atoms with Gasteiger partial charge in [-0.3, -0.25) is 4.79 Å². The summed E-state index contributed by atoms with van der Waals surface area (Å²) >= 11 is 3.40. The number of amides is 1. The third-order valence-electron chi connectivity index (χ3n) is 3.03. The van der Waals surface area contributed by atoms with Crippen molar-refractivity contribution >= 4 is 32.8 Å². The summed E-state index contributed by atoms with van der Waals surface area (Å²) in [5.74, 6) is 0.456. The van der Waals surface area contributed by atoms with Crippen molar-refractivity contribution in [2.24, 2.45) is 5.92 Å². The van der Waals surface area contributed by atoms with E-state index in [2.05, 4.69) is 33.3 Å². The summed E-state index contributed by atoms with van der Waals surface area (Å²) in [4.78, 5) is 11.9. The van der Waals surface area contributed by atoms with E-state index in [-0.39, 0.29) is 12.3 Å². The van der Waals surface area contributed by atoms with Gasteiger partial charge in [-0.2, -0.15) is 0 Å². The molecule has 102 valence electrons. The Kier molecular flexibility index (Phi) is 4.96. The molecule has 1 N–H and O–H groups in total. The highest BCUT2D eigenvalue weighted by atomic mass is 79.9. The van der Waals surface area contributed by atoms with E-state index in [4.69, 9.17) is 4.52 Å². The molecule has 1 unspecified atom stereocenters. The molecular formula is C14H17BrN2O2. The van der Waals surface area contributed by atoms with E-state index < -0.39 is 0 Å². The summed E-state index contributed by atoms with van der Waals surface area (Å²) in [6, 6.07) is 7.57. The zero-order valence-electron chi connectivity index (χ0n) is 10.9. The van der Waals surface area contributed by atoms with Crippen molar-refractivity contribution in [3.8, 4) is 0 Å². The number of para-hydroxylation sites is 1. The van der Waals surface area contributed by atoms with Gasteiger partial charge in [-0.1, -0.05) is 40.1 Å². The minimum atomic E-state index is -0.0134. The van der Waals surface area contributed by atoms with Gasteiger partial charge in [0.1, 0.15) is 5.69 Å². The van der Waals surface area contributed by atoms with E-state index in [0.29, 0.717) is 18.2 Å². The normalized spacial score (nSPS) is 12.5. The van der Waals surface area contributed by atoms with Gasteiger partial charge >= 0.3 is 0 Å². The van der Waals surface area contributed by atoms with Gasteiger partial charge in [0.25, 0.3) is 0 Å². The SMILES string of the molecule is CC(CCBr)CNC(=O)Cc1noc2ccccc12. The summed E-state index contributed by atoms with van der Waals surface area (Å²) in [5, 5.41) is 8.75. The molecule has 4 nitrogen and oxygen atoms in total. The first kappa shape index (κ1) is 14.1. The Morgan fingerprint density at radius 1 is 1.47 bits per heavy atom. The largest absolute Gasteiger partial charge is 0.356 e. The number of carbonyl (C=O) groups excluding carboxylic acids is 1. The number of nitrogens with one attached hydrogen (secondary N) is 1. The number of nitrogens with zero attached hydrogens (tertiary/aromatic N) is 1. The first-order chi connectivity index (χ1) is 9.20. The molecule has 0 aliphatic rings. The fourth-order valence-corrected chi connectivity index (χ4v) is 2.64. The van der Waals surface area contributed by atoms with Crippen LogP contribution >= 0.6 is 15.9 Å². The van der Waals surface area contributed by atoms with Gasteiger partial charge in [-0.25, -0.2) is 0 Å². The topological polar surface area (TPSA) is 55.1 Å². The van der Waals surface area contributed by atoms with Crippen LogP contribution in [0.15, 0.2) is 28.8 Å². The van der Waals surface area contributed by atoms with E-state index in [1.165, 1.54) is 0 Å². The van der Waals surface area contributed by atoms with Crippen LogP contribution in [0.5, 0.6) is 0 Å². The number of hydrogen-bond donors (Lipinski definition) is 1. The first-order valence-corrected chi connectivity index (χ1v) is 7.49. The molecule has 1 amide bonds. The molecule has 5 heteroatoms. The van der Waals surface area contributed by atoms with Crippen LogP contribution in [0.1, 0.15) is 19.0 Å². The predicted molar refractivity (Wildman–Crippen MR) is 78.3 cm³/mol. The zero-order valence-corrected chi connectivity index (χ0v) is 12.4. The van der Waals surface area contributed by atoms with Crippen LogP contribution in [-0.2, 0) is 11.2 Å². The van der Waals surface area contributed by atoms with Crippen molar-refractivity contribution in [1.29, 1.82) is 0 Å². The van der Waals surface area contributed by atoms with Crippen LogP contribution < -0.4 is 5.32 Å². The number of fused-ring (bicyclic) bond motifs is 1. The van der Waals surface area contributed by atoms with Crippen molar-refractivity contribution < 1.29 is 9.32 Å². The molecule has 0 radical (unpaired) electrons. The second-order valence-electron chi connectivity index (χ2n) is 4.69. The van der Waals surface area contributed by atoms with Crippen molar-refractivity contribution in [3.05, 3.63) is 30.0 Å². The maximum atomic E-state index is 11.9. The van der Waals surface area contributed by atoms with Gasteiger partial charge in [0.2, 0.25) is 5.91 Å². The van der Waals surface area contributed by atoms with Gasteiger partial charge in [0.05, 0.1) is 6.42 Å². The van der Waals surface area contributed by atoms with Crippen molar-refractivity contribution in [3.63, 3.8) is 0 Å². The van der Waals surface area contributed by atoms with Crippen molar-refractivity contribution in [2.75, 3.05) is 11.9 Å². The maximum Gasteiger partial charge on any atom is 0.226 e. The van der Waals surface area contributed by atoms with Crippen molar-refractivity contribution in [1.82, 2.24) is 10.5 Å². The molecular weight excluding hydrogens is 308 g/mol. The lowest BCUT2D eigenvalue weighted by Crippen LogP contribution is -2.29. The van der Waals surface area contributed by atoms with E-state index >= 15 is 0 Å². The van der Waals surface area contributed by atoms with Crippen molar-refractivity contribution in [2.45, 2.75) is 19.8 Å². The third-order valence-corrected chi connectivity index (χ3v) is 3.49. The smallest absolute Gasteiger partial charge is 0.226 e. The Hall–Kier alpha value is -1.36. The van der Waals surface area contributed by atoms with E-state index in [1.807, 2.05) is 24.3 Å². The Morgan fingerprint density at radius 2 is 2.26 bits per heavy atom. The Bertz CT molecular complexity index is 553. The number of alkyl halides is 1. The maximum absolute atomic E-state index is 11.9. The Balaban J connectivity index is 1.92. The lowest BCUT2D eigenvalue weighted by Gasteiger charge is -2.10. The fourth-order valence-electron chi connectivity index (χ4n) is 1.86. The fraction of sp³-hybridized carbons (Fsp3) is 0.429. The van der Waals surface area contributed by atoms with Gasteiger partial charge in [0.15, 0.2) is 5.58 Å². The molecule has 2 rings (SSSR count). The highest BCUT2D eigenvalue weighted by molar-refractivity contribution is 9.09. The van der Waals surface area contributed by atoms with Gasteiger partial charge < -0.3 is 9.84 Å². The Morgan fingerprint density at radius 3 is 3.05 bits per heavy atom. The van der Waals surface area contributed by atoms with E-state index in [9.17, 15) is 4.79 Å². The summed E-state index contributed by atoms with van der Waals surface area (Å²) in [6.07, 6.45) is 1.31. The standard InChI is InChI=1S/C14H17BrN2O2/c1-10(6-7-15)9-16-14(18)8-12-11-4-2-3-5-13(11)19-17-12/h2-5,10H,6-9H2,1H3,(H,16,18). The highest BCUT2D eigenvalue weighted by Crippen LogP contribution is 2.17. The number of rotatable bonds is 6. The highest BCUT2D eigenvalue weighted by Gasteiger charge is 2.12. The van der Waals surface area contributed by atoms with E-state index in [0.717, 1.165) is 22.7 Å². The average molecular weight is 325 g/mol. The van der Waals surface area contributed by atoms with Crippen LogP contribution in [0.25, 0.3) is 11.0 Å². The lowest BCUT2D eigenvalue weighted by atomic mass is 10.1.